The molecule has 1 rings (SSSR count). The van der Waals surface area contributed by atoms with E-state index in [1.54, 1.807) is 0 Å². The number of carbonyl (C=O) groups is 1. The molecule has 0 aliphatic carbocycles. The molecule has 0 amide bonds. The molecular weight excluding hydrogens is 184 g/mol. The van der Waals surface area contributed by atoms with Gasteiger partial charge in [0.05, 0.1) is 18.6 Å². The molecule has 0 unspecified atom stereocenters. The van der Waals surface area contributed by atoms with Crippen LogP contribution in [0.5, 0.6) is 0 Å². The SMILES string of the molecule is C[C@H](O[Si](C)(C)C)[C@H]1CCOC1=O. The molecule has 0 spiro atoms. The van der Waals surface area contributed by atoms with E-state index in [1.807, 2.05) is 6.92 Å². The summed E-state index contributed by atoms with van der Waals surface area (Å²) >= 11 is 0. The van der Waals surface area contributed by atoms with E-state index in [-0.39, 0.29) is 18.0 Å². The first-order valence-electron chi connectivity index (χ1n) is 4.74. The number of ether oxygens (including phenoxy) is 1. The lowest BCUT2D eigenvalue weighted by Gasteiger charge is -2.25. The standard InChI is InChI=1S/C9H18O3Si/c1-7(12-13(2,3)4)8-5-6-11-9(8)10/h7-8H,5-6H2,1-4H3/t7-,8+/m0/s1. The van der Waals surface area contributed by atoms with Crippen molar-refractivity contribution in [1.29, 1.82) is 0 Å². The van der Waals surface area contributed by atoms with Crippen molar-refractivity contribution in [3.05, 3.63) is 0 Å². The van der Waals surface area contributed by atoms with Crippen LogP contribution < -0.4 is 0 Å². The fourth-order valence-electron chi connectivity index (χ4n) is 1.58. The van der Waals surface area contributed by atoms with Crippen molar-refractivity contribution in [3.63, 3.8) is 0 Å². The third kappa shape index (κ3) is 3.12. The van der Waals surface area contributed by atoms with Gasteiger partial charge < -0.3 is 9.16 Å². The Morgan fingerprint density at radius 3 is 2.54 bits per heavy atom. The number of hydrogen-bond acceptors (Lipinski definition) is 3. The van der Waals surface area contributed by atoms with Crippen molar-refractivity contribution >= 4 is 14.3 Å². The molecule has 4 heteroatoms. The second-order valence-corrected chi connectivity index (χ2v) is 8.96. The van der Waals surface area contributed by atoms with Gasteiger partial charge in [0.15, 0.2) is 8.32 Å². The molecule has 0 aromatic carbocycles. The van der Waals surface area contributed by atoms with Crippen LogP contribution in [0.2, 0.25) is 19.6 Å². The van der Waals surface area contributed by atoms with Crippen LogP contribution in [0.15, 0.2) is 0 Å². The minimum absolute atomic E-state index is 0.0154. The highest BCUT2D eigenvalue weighted by Gasteiger charge is 2.34. The van der Waals surface area contributed by atoms with Crippen molar-refractivity contribution in [2.75, 3.05) is 6.61 Å². The lowest BCUT2D eigenvalue weighted by atomic mass is 10.0. The van der Waals surface area contributed by atoms with Crippen molar-refractivity contribution in [2.24, 2.45) is 5.92 Å². The van der Waals surface area contributed by atoms with E-state index >= 15 is 0 Å². The highest BCUT2D eigenvalue weighted by atomic mass is 28.4. The molecule has 76 valence electrons. The minimum Gasteiger partial charge on any atom is -0.465 e. The molecule has 0 bridgehead atoms. The van der Waals surface area contributed by atoms with Crippen LogP contribution in [0, 0.1) is 5.92 Å². The van der Waals surface area contributed by atoms with E-state index in [9.17, 15) is 4.79 Å². The van der Waals surface area contributed by atoms with Crippen LogP contribution in [0.1, 0.15) is 13.3 Å². The summed E-state index contributed by atoms with van der Waals surface area (Å²) in [6, 6.07) is 0. The van der Waals surface area contributed by atoms with Crippen LogP contribution >= 0.6 is 0 Å². The number of hydrogen-bond donors (Lipinski definition) is 0. The van der Waals surface area contributed by atoms with Gasteiger partial charge in [-0.15, -0.1) is 0 Å². The molecular formula is C9H18O3Si. The fraction of sp³-hybridized carbons (Fsp3) is 0.889. The van der Waals surface area contributed by atoms with Crippen molar-refractivity contribution < 1.29 is 14.0 Å². The summed E-state index contributed by atoms with van der Waals surface area (Å²) in [5, 5.41) is 0. The monoisotopic (exact) mass is 202 g/mol. The van der Waals surface area contributed by atoms with E-state index in [2.05, 4.69) is 19.6 Å². The molecule has 0 radical (unpaired) electrons. The summed E-state index contributed by atoms with van der Waals surface area (Å²) in [6.07, 6.45) is 0.825. The van der Waals surface area contributed by atoms with E-state index in [4.69, 9.17) is 9.16 Å². The Morgan fingerprint density at radius 1 is 1.54 bits per heavy atom. The Hall–Kier alpha value is -0.353. The normalized spacial score (nSPS) is 25.8. The van der Waals surface area contributed by atoms with Gasteiger partial charge in [-0.25, -0.2) is 0 Å². The summed E-state index contributed by atoms with van der Waals surface area (Å²) in [7, 11) is -1.53. The van der Waals surface area contributed by atoms with Gasteiger partial charge >= 0.3 is 5.97 Å². The Morgan fingerprint density at radius 2 is 2.15 bits per heavy atom. The maximum absolute atomic E-state index is 11.2. The quantitative estimate of drug-likeness (QED) is 0.517. The molecule has 0 aromatic rings. The van der Waals surface area contributed by atoms with Crippen molar-refractivity contribution in [1.82, 2.24) is 0 Å². The molecule has 1 aliphatic rings. The molecule has 1 heterocycles. The molecule has 1 saturated heterocycles. The second kappa shape index (κ2) is 3.80. The number of cyclic esters (lactones) is 1. The van der Waals surface area contributed by atoms with Gasteiger partial charge in [-0.3, -0.25) is 4.79 Å². The maximum atomic E-state index is 11.2. The molecule has 0 aromatic heterocycles. The van der Waals surface area contributed by atoms with Crippen molar-refractivity contribution in [2.45, 2.75) is 39.1 Å². The molecule has 3 nitrogen and oxygen atoms in total. The summed E-state index contributed by atoms with van der Waals surface area (Å²) in [5.41, 5.74) is 0. The smallest absolute Gasteiger partial charge is 0.311 e. The average molecular weight is 202 g/mol. The zero-order valence-electron chi connectivity index (χ0n) is 8.79. The van der Waals surface area contributed by atoms with E-state index in [0.29, 0.717) is 6.61 Å². The summed E-state index contributed by atoms with van der Waals surface area (Å²) in [6.45, 7) is 8.91. The third-order valence-electron chi connectivity index (χ3n) is 2.08. The predicted molar refractivity (Wildman–Crippen MR) is 53.0 cm³/mol. The van der Waals surface area contributed by atoms with Gasteiger partial charge in [0.1, 0.15) is 0 Å². The average Bonchev–Trinajstić information content (AvgIpc) is 2.30. The van der Waals surface area contributed by atoms with E-state index in [0.717, 1.165) is 6.42 Å². The van der Waals surface area contributed by atoms with Gasteiger partial charge in [-0.1, -0.05) is 0 Å². The van der Waals surface area contributed by atoms with Crippen LogP contribution in [0.3, 0.4) is 0 Å². The second-order valence-electron chi connectivity index (χ2n) is 4.50. The van der Waals surface area contributed by atoms with Gasteiger partial charge in [-0.05, 0) is 33.0 Å². The molecule has 0 saturated carbocycles. The van der Waals surface area contributed by atoms with Crippen LogP contribution in [-0.2, 0) is 14.0 Å². The minimum atomic E-state index is -1.53. The van der Waals surface area contributed by atoms with Crippen LogP contribution in [-0.4, -0.2) is 27.0 Å². The highest BCUT2D eigenvalue weighted by molar-refractivity contribution is 6.69. The first-order chi connectivity index (χ1) is 5.90. The Labute approximate surface area is 80.5 Å². The zero-order chi connectivity index (χ0) is 10.1. The van der Waals surface area contributed by atoms with Gasteiger partial charge in [0.2, 0.25) is 0 Å². The summed E-state index contributed by atoms with van der Waals surface area (Å²) in [5.74, 6) is -0.127. The summed E-state index contributed by atoms with van der Waals surface area (Å²) < 4.78 is 10.7. The largest absolute Gasteiger partial charge is 0.465 e. The molecule has 0 N–H and O–H groups in total. The topological polar surface area (TPSA) is 35.5 Å². The van der Waals surface area contributed by atoms with E-state index < -0.39 is 8.32 Å². The molecule has 1 fully saturated rings. The molecule has 13 heavy (non-hydrogen) atoms. The van der Waals surface area contributed by atoms with Crippen molar-refractivity contribution in [3.8, 4) is 0 Å². The third-order valence-corrected chi connectivity index (χ3v) is 3.16. The predicted octanol–water partition coefficient (Wildman–Crippen LogP) is 1.79. The van der Waals surface area contributed by atoms with Gasteiger partial charge in [-0.2, -0.15) is 0 Å². The first kappa shape index (κ1) is 10.7. The lowest BCUT2D eigenvalue weighted by molar-refractivity contribution is -0.143. The van der Waals surface area contributed by atoms with Gasteiger partial charge in [0, 0.05) is 0 Å². The number of carbonyl (C=O) groups excluding carboxylic acids is 1. The molecule has 2 atom stereocenters. The number of rotatable bonds is 3. The Bertz CT molecular complexity index is 198. The summed E-state index contributed by atoms with van der Waals surface area (Å²) in [4.78, 5) is 11.2. The first-order valence-corrected chi connectivity index (χ1v) is 8.15. The van der Waals surface area contributed by atoms with Crippen LogP contribution in [0.4, 0.5) is 0 Å². The molecule has 1 aliphatic heterocycles. The van der Waals surface area contributed by atoms with Crippen LogP contribution in [0.25, 0.3) is 0 Å². The zero-order valence-corrected chi connectivity index (χ0v) is 9.79. The number of esters is 1. The Kier molecular flexibility index (Phi) is 3.13. The van der Waals surface area contributed by atoms with Gasteiger partial charge in [0.25, 0.3) is 0 Å². The fourth-order valence-corrected chi connectivity index (χ4v) is 2.86. The van der Waals surface area contributed by atoms with E-state index in [1.165, 1.54) is 0 Å². The lowest BCUT2D eigenvalue weighted by Crippen LogP contribution is -2.36. The highest BCUT2D eigenvalue weighted by Crippen LogP contribution is 2.23. The Balaban J connectivity index is 2.47. The maximum Gasteiger partial charge on any atom is 0.311 e.